The smallest absolute Gasteiger partial charge is 0.155 e. The van der Waals surface area contributed by atoms with E-state index >= 15 is 0 Å². The lowest BCUT2D eigenvalue weighted by Crippen LogP contribution is -2.14. The second-order valence-corrected chi connectivity index (χ2v) is 5.08. The third-order valence-corrected chi connectivity index (χ3v) is 3.68. The Morgan fingerprint density at radius 3 is 3.06 bits per heavy atom. The molecule has 2 aromatic heterocycles. The zero-order chi connectivity index (χ0) is 12.0. The lowest BCUT2D eigenvalue weighted by Gasteiger charge is -2.09. The summed E-state index contributed by atoms with van der Waals surface area (Å²) >= 11 is 6.16. The van der Waals surface area contributed by atoms with Crippen LogP contribution >= 0.6 is 11.6 Å². The molecule has 1 fully saturated rings. The summed E-state index contributed by atoms with van der Waals surface area (Å²) in [6.07, 6.45) is 3.09. The van der Waals surface area contributed by atoms with Gasteiger partial charge < -0.3 is 15.0 Å². The van der Waals surface area contributed by atoms with Crippen molar-refractivity contribution in [2.75, 3.05) is 25.9 Å². The van der Waals surface area contributed by atoms with Crippen molar-refractivity contribution in [2.45, 2.75) is 12.3 Å². The van der Waals surface area contributed by atoms with Gasteiger partial charge in [0.25, 0.3) is 0 Å². The van der Waals surface area contributed by atoms with Crippen LogP contribution in [0.3, 0.4) is 0 Å². The van der Waals surface area contributed by atoms with Gasteiger partial charge in [0.15, 0.2) is 5.15 Å². The minimum atomic E-state index is 0.462. The first-order chi connectivity index (χ1) is 8.15. The number of likely N-dealkylation sites (N-methyl/N-ethyl adjacent to an activating group) is 1. The largest absolute Gasteiger partial charge is 0.399 e. The summed E-state index contributed by atoms with van der Waals surface area (Å²) in [6.45, 7) is 2.16. The molecule has 3 rings (SSSR count). The van der Waals surface area contributed by atoms with Gasteiger partial charge in [0, 0.05) is 24.3 Å². The molecule has 1 aliphatic heterocycles. The van der Waals surface area contributed by atoms with E-state index in [4.69, 9.17) is 17.3 Å². The van der Waals surface area contributed by atoms with Gasteiger partial charge >= 0.3 is 0 Å². The van der Waals surface area contributed by atoms with E-state index in [9.17, 15) is 0 Å². The predicted octanol–water partition coefficient (Wildman–Crippen LogP) is 1.99. The molecule has 0 aliphatic carbocycles. The highest BCUT2D eigenvalue weighted by Crippen LogP contribution is 2.29. The number of rotatable bonds is 1. The summed E-state index contributed by atoms with van der Waals surface area (Å²) in [6, 6.07) is 3.75. The van der Waals surface area contributed by atoms with Gasteiger partial charge in [0.05, 0.1) is 5.52 Å². The fourth-order valence-electron chi connectivity index (χ4n) is 2.52. The Kier molecular flexibility index (Phi) is 2.49. The maximum absolute atomic E-state index is 6.16. The first kappa shape index (κ1) is 10.9. The molecule has 1 aliphatic rings. The number of aromatic nitrogens is 2. The Labute approximate surface area is 105 Å². The summed E-state index contributed by atoms with van der Waals surface area (Å²) in [5.74, 6) is 1.51. The number of pyridine rings is 1. The van der Waals surface area contributed by atoms with Crippen molar-refractivity contribution >= 4 is 22.8 Å². The minimum absolute atomic E-state index is 0.462. The highest BCUT2D eigenvalue weighted by molar-refractivity contribution is 6.32. The van der Waals surface area contributed by atoms with E-state index < -0.39 is 0 Å². The van der Waals surface area contributed by atoms with Crippen LogP contribution in [0.1, 0.15) is 18.2 Å². The third-order valence-electron chi connectivity index (χ3n) is 3.41. The maximum Gasteiger partial charge on any atom is 0.155 e. The number of hydrogen-bond donors (Lipinski definition) is 1. The molecule has 0 aromatic carbocycles. The van der Waals surface area contributed by atoms with Gasteiger partial charge in [-0.15, -0.1) is 0 Å². The summed E-state index contributed by atoms with van der Waals surface area (Å²) < 4.78 is 2.06. The number of likely N-dealkylation sites (tertiary alicyclic amines) is 1. The van der Waals surface area contributed by atoms with Crippen molar-refractivity contribution in [3.8, 4) is 0 Å². The number of imidazole rings is 1. The van der Waals surface area contributed by atoms with Crippen LogP contribution < -0.4 is 5.73 Å². The first-order valence-electron chi connectivity index (χ1n) is 5.76. The number of nitrogen functional groups attached to an aromatic ring is 1. The van der Waals surface area contributed by atoms with E-state index in [1.54, 1.807) is 0 Å². The van der Waals surface area contributed by atoms with Crippen molar-refractivity contribution in [1.29, 1.82) is 0 Å². The highest BCUT2D eigenvalue weighted by atomic mass is 35.5. The average molecular weight is 251 g/mol. The molecule has 2 aromatic rings. The van der Waals surface area contributed by atoms with Crippen molar-refractivity contribution in [2.24, 2.45) is 0 Å². The van der Waals surface area contributed by atoms with Crippen molar-refractivity contribution < 1.29 is 0 Å². The van der Waals surface area contributed by atoms with Gasteiger partial charge in [0.1, 0.15) is 5.82 Å². The Morgan fingerprint density at radius 1 is 1.53 bits per heavy atom. The molecule has 1 atom stereocenters. The minimum Gasteiger partial charge on any atom is -0.399 e. The summed E-state index contributed by atoms with van der Waals surface area (Å²) in [5.41, 5.74) is 7.39. The fourth-order valence-corrected chi connectivity index (χ4v) is 2.75. The predicted molar refractivity (Wildman–Crippen MR) is 69.5 cm³/mol. The molecule has 4 nitrogen and oxygen atoms in total. The number of fused-ring (bicyclic) bond motifs is 1. The first-order valence-corrected chi connectivity index (χ1v) is 6.14. The lowest BCUT2D eigenvalue weighted by atomic mass is 10.1. The third kappa shape index (κ3) is 1.77. The molecule has 0 radical (unpaired) electrons. The van der Waals surface area contributed by atoms with Gasteiger partial charge in [-0.1, -0.05) is 11.6 Å². The Balaban J connectivity index is 2.11. The summed E-state index contributed by atoms with van der Waals surface area (Å²) in [5, 5.41) is 0.543. The van der Waals surface area contributed by atoms with Gasteiger partial charge in [-0.25, -0.2) is 4.98 Å². The van der Waals surface area contributed by atoms with E-state index in [0.717, 1.165) is 36.5 Å². The van der Waals surface area contributed by atoms with Crippen LogP contribution in [0.5, 0.6) is 0 Å². The topological polar surface area (TPSA) is 46.6 Å². The van der Waals surface area contributed by atoms with Crippen LogP contribution in [0.4, 0.5) is 5.69 Å². The number of hydrogen-bond acceptors (Lipinski definition) is 3. The molecule has 17 heavy (non-hydrogen) atoms. The van der Waals surface area contributed by atoms with E-state index in [1.165, 1.54) is 0 Å². The molecular formula is C12H15ClN4. The van der Waals surface area contributed by atoms with E-state index in [2.05, 4.69) is 21.3 Å². The van der Waals surface area contributed by atoms with Crippen LogP contribution in [0.25, 0.3) is 5.52 Å². The van der Waals surface area contributed by atoms with Crippen molar-refractivity contribution in [1.82, 2.24) is 14.3 Å². The Hall–Kier alpha value is -1.26. The zero-order valence-corrected chi connectivity index (χ0v) is 10.5. The molecule has 0 bridgehead atoms. The monoisotopic (exact) mass is 250 g/mol. The maximum atomic E-state index is 6.16. The van der Waals surface area contributed by atoms with Gasteiger partial charge in [-0.3, -0.25) is 0 Å². The van der Waals surface area contributed by atoms with Crippen LogP contribution in [0.15, 0.2) is 18.3 Å². The second kappa shape index (κ2) is 3.89. The Bertz CT molecular complexity index is 563. The SMILES string of the molecule is CN1CCC(c2nc(Cl)c3cc(N)ccn23)C1. The molecule has 1 unspecified atom stereocenters. The number of halogens is 1. The van der Waals surface area contributed by atoms with E-state index in [-0.39, 0.29) is 0 Å². The normalized spacial score (nSPS) is 21.4. The molecule has 2 N–H and O–H groups in total. The fraction of sp³-hybridized carbons (Fsp3) is 0.417. The van der Waals surface area contributed by atoms with Gasteiger partial charge in [-0.2, -0.15) is 0 Å². The van der Waals surface area contributed by atoms with Gasteiger partial charge in [-0.05, 0) is 32.1 Å². The molecular weight excluding hydrogens is 236 g/mol. The zero-order valence-electron chi connectivity index (χ0n) is 9.73. The number of nitrogens with zero attached hydrogens (tertiary/aromatic N) is 3. The molecule has 0 saturated carbocycles. The summed E-state index contributed by atoms with van der Waals surface area (Å²) in [4.78, 5) is 6.81. The average Bonchev–Trinajstić information content (AvgIpc) is 2.84. The number of anilines is 1. The Morgan fingerprint density at radius 2 is 2.35 bits per heavy atom. The molecule has 90 valence electrons. The molecule has 3 heterocycles. The second-order valence-electron chi connectivity index (χ2n) is 4.72. The molecule has 0 spiro atoms. The molecule has 0 amide bonds. The van der Waals surface area contributed by atoms with Crippen molar-refractivity contribution in [3.63, 3.8) is 0 Å². The number of nitrogens with two attached hydrogens (primary N) is 1. The van der Waals surface area contributed by atoms with Crippen molar-refractivity contribution in [3.05, 3.63) is 29.3 Å². The standard InChI is InChI=1S/C12H15ClN4/c1-16-4-2-8(7-16)12-15-11(13)10-6-9(14)3-5-17(10)12/h3,5-6,8H,2,4,7,14H2,1H3. The van der Waals surface area contributed by atoms with Crippen LogP contribution in [-0.2, 0) is 0 Å². The van der Waals surface area contributed by atoms with Crippen LogP contribution in [-0.4, -0.2) is 34.4 Å². The highest BCUT2D eigenvalue weighted by Gasteiger charge is 2.25. The van der Waals surface area contributed by atoms with E-state index in [1.807, 2.05) is 18.3 Å². The lowest BCUT2D eigenvalue weighted by molar-refractivity contribution is 0.409. The van der Waals surface area contributed by atoms with E-state index in [0.29, 0.717) is 11.1 Å². The quantitative estimate of drug-likeness (QED) is 0.842. The van der Waals surface area contributed by atoms with Crippen LogP contribution in [0, 0.1) is 0 Å². The van der Waals surface area contributed by atoms with Crippen LogP contribution in [0.2, 0.25) is 5.15 Å². The molecule has 5 heteroatoms. The van der Waals surface area contributed by atoms with Gasteiger partial charge in [0.2, 0.25) is 0 Å². The molecule has 1 saturated heterocycles. The summed E-state index contributed by atoms with van der Waals surface area (Å²) in [7, 11) is 2.13.